The molecular weight excluding hydrogens is 270 g/mol. The maximum Gasteiger partial charge on any atom is 0.332 e. The summed E-state index contributed by atoms with van der Waals surface area (Å²) in [4.78, 5) is 38.6. The first-order valence-corrected chi connectivity index (χ1v) is 6.83. The van der Waals surface area contributed by atoms with E-state index in [4.69, 9.17) is 4.74 Å². The molecular formula is C16H15NO4. The number of rotatable bonds is 2. The number of amides is 2. The molecule has 0 saturated heterocycles. The highest BCUT2D eigenvalue weighted by atomic mass is 16.5. The van der Waals surface area contributed by atoms with Gasteiger partial charge in [0.1, 0.15) is 0 Å². The summed E-state index contributed by atoms with van der Waals surface area (Å²) in [5, 5.41) is 0. The third-order valence-electron chi connectivity index (χ3n) is 4.13. The Morgan fingerprint density at radius 2 is 1.76 bits per heavy atom. The molecule has 0 N–H and O–H groups in total. The van der Waals surface area contributed by atoms with E-state index in [-0.39, 0.29) is 0 Å². The van der Waals surface area contributed by atoms with Gasteiger partial charge in [0.15, 0.2) is 5.54 Å². The van der Waals surface area contributed by atoms with E-state index in [2.05, 4.69) is 0 Å². The van der Waals surface area contributed by atoms with Crippen molar-refractivity contribution in [1.29, 1.82) is 0 Å². The number of allylic oxidation sites excluding steroid dienone is 1. The van der Waals surface area contributed by atoms with Crippen molar-refractivity contribution in [3.05, 3.63) is 47.5 Å². The molecule has 21 heavy (non-hydrogen) atoms. The van der Waals surface area contributed by atoms with Crippen LogP contribution in [-0.4, -0.2) is 35.3 Å². The molecule has 0 spiro atoms. The SMILES string of the molecule is COC(=O)C1(N2C(=O)c3ccccc3C2=O)CC=CCC1. The second-order valence-corrected chi connectivity index (χ2v) is 5.23. The molecule has 1 aromatic carbocycles. The maximum absolute atomic E-state index is 12.6. The Labute approximate surface area is 122 Å². The van der Waals surface area contributed by atoms with E-state index < -0.39 is 23.3 Å². The lowest BCUT2D eigenvalue weighted by Gasteiger charge is -2.38. The van der Waals surface area contributed by atoms with Crippen LogP contribution in [0.2, 0.25) is 0 Å². The summed E-state index contributed by atoms with van der Waals surface area (Å²) in [6.07, 6.45) is 5.08. The van der Waals surface area contributed by atoms with Crippen molar-refractivity contribution < 1.29 is 19.1 Å². The molecule has 0 fully saturated rings. The predicted octanol–water partition coefficient (Wildman–Crippen LogP) is 1.93. The minimum absolute atomic E-state index is 0.297. The van der Waals surface area contributed by atoms with Crippen LogP contribution in [0.25, 0.3) is 0 Å². The molecule has 2 amide bonds. The highest BCUT2D eigenvalue weighted by molar-refractivity contribution is 6.23. The summed E-state index contributed by atoms with van der Waals surface area (Å²) in [5.41, 5.74) is -0.530. The lowest BCUT2D eigenvalue weighted by atomic mass is 9.84. The van der Waals surface area contributed by atoms with Crippen LogP contribution in [0.4, 0.5) is 0 Å². The van der Waals surface area contributed by atoms with E-state index in [1.165, 1.54) is 7.11 Å². The van der Waals surface area contributed by atoms with Crippen molar-refractivity contribution in [2.75, 3.05) is 7.11 Å². The van der Waals surface area contributed by atoms with E-state index in [1.54, 1.807) is 24.3 Å². The molecule has 0 saturated carbocycles. The number of hydrogen-bond acceptors (Lipinski definition) is 4. The number of carbonyl (C=O) groups is 3. The summed E-state index contributed by atoms with van der Waals surface area (Å²) in [5.74, 6) is -1.38. The van der Waals surface area contributed by atoms with E-state index in [9.17, 15) is 14.4 Å². The van der Waals surface area contributed by atoms with Crippen molar-refractivity contribution in [3.63, 3.8) is 0 Å². The quantitative estimate of drug-likeness (QED) is 0.473. The van der Waals surface area contributed by atoms with Crippen molar-refractivity contribution in [2.24, 2.45) is 0 Å². The number of benzene rings is 1. The predicted molar refractivity (Wildman–Crippen MR) is 74.7 cm³/mol. The Bertz CT molecular complexity index is 629. The first kappa shape index (κ1) is 13.5. The van der Waals surface area contributed by atoms with Crippen LogP contribution in [0.15, 0.2) is 36.4 Å². The molecule has 1 atom stereocenters. The summed E-state index contributed by atoms with van der Waals surface area (Å²) in [7, 11) is 1.28. The van der Waals surface area contributed by atoms with Gasteiger partial charge in [0, 0.05) is 0 Å². The molecule has 5 nitrogen and oxygen atoms in total. The van der Waals surface area contributed by atoms with E-state index in [0.717, 1.165) is 4.90 Å². The Kier molecular flexibility index (Phi) is 3.12. The first-order valence-electron chi connectivity index (χ1n) is 6.83. The molecule has 1 unspecified atom stereocenters. The molecule has 5 heteroatoms. The minimum Gasteiger partial charge on any atom is -0.467 e. The largest absolute Gasteiger partial charge is 0.467 e. The lowest BCUT2D eigenvalue weighted by Crippen LogP contribution is -2.58. The third kappa shape index (κ3) is 1.81. The van der Waals surface area contributed by atoms with Gasteiger partial charge in [-0.1, -0.05) is 24.3 Å². The molecule has 0 radical (unpaired) electrons. The monoisotopic (exact) mass is 285 g/mol. The summed E-state index contributed by atoms with van der Waals surface area (Å²) in [6, 6.07) is 6.64. The van der Waals surface area contributed by atoms with Crippen LogP contribution in [0.5, 0.6) is 0 Å². The van der Waals surface area contributed by atoms with Gasteiger partial charge in [0.2, 0.25) is 0 Å². The van der Waals surface area contributed by atoms with Crippen LogP contribution in [0, 0.1) is 0 Å². The van der Waals surface area contributed by atoms with Gasteiger partial charge in [-0.2, -0.15) is 0 Å². The summed E-state index contributed by atoms with van der Waals surface area (Å²) >= 11 is 0. The highest BCUT2D eigenvalue weighted by Gasteiger charge is 2.53. The molecule has 108 valence electrons. The average Bonchev–Trinajstić information content (AvgIpc) is 2.79. The topological polar surface area (TPSA) is 63.7 Å². The Balaban J connectivity index is 2.10. The number of ether oxygens (including phenoxy) is 1. The Morgan fingerprint density at radius 3 is 2.24 bits per heavy atom. The standard InChI is InChI=1S/C16H15NO4/c1-21-15(20)16(9-5-2-6-10-16)17-13(18)11-7-3-4-8-12(11)14(17)19/h2-5,7-8H,6,9-10H2,1H3. The van der Waals surface area contributed by atoms with Gasteiger partial charge in [-0.05, 0) is 31.4 Å². The normalized spacial score (nSPS) is 24.1. The fourth-order valence-corrected chi connectivity index (χ4v) is 3.07. The zero-order valence-corrected chi connectivity index (χ0v) is 11.7. The Hall–Kier alpha value is -2.43. The molecule has 1 aromatic rings. The van der Waals surface area contributed by atoms with Crippen molar-refractivity contribution >= 4 is 17.8 Å². The number of imide groups is 1. The van der Waals surface area contributed by atoms with Crippen molar-refractivity contribution in [1.82, 2.24) is 4.90 Å². The molecule has 3 rings (SSSR count). The van der Waals surface area contributed by atoms with E-state index in [0.29, 0.717) is 30.4 Å². The zero-order valence-electron chi connectivity index (χ0n) is 11.7. The van der Waals surface area contributed by atoms with E-state index in [1.807, 2.05) is 12.2 Å². The fourth-order valence-electron chi connectivity index (χ4n) is 3.07. The molecule has 1 aliphatic heterocycles. The second kappa shape index (κ2) is 4.84. The third-order valence-corrected chi connectivity index (χ3v) is 4.13. The van der Waals surface area contributed by atoms with Gasteiger partial charge in [-0.25, -0.2) is 4.79 Å². The summed E-state index contributed by atoms with van der Waals surface area (Å²) < 4.78 is 4.88. The molecule has 1 aliphatic carbocycles. The Morgan fingerprint density at radius 1 is 1.14 bits per heavy atom. The molecule has 0 bridgehead atoms. The fraction of sp³-hybridized carbons (Fsp3) is 0.312. The van der Waals surface area contributed by atoms with Gasteiger partial charge >= 0.3 is 5.97 Å². The van der Waals surface area contributed by atoms with Crippen LogP contribution < -0.4 is 0 Å². The highest BCUT2D eigenvalue weighted by Crippen LogP contribution is 2.37. The van der Waals surface area contributed by atoms with Gasteiger partial charge < -0.3 is 4.74 Å². The van der Waals surface area contributed by atoms with E-state index >= 15 is 0 Å². The zero-order chi connectivity index (χ0) is 15.0. The number of nitrogens with zero attached hydrogens (tertiary/aromatic N) is 1. The van der Waals surface area contributed by atoms with Gasteiger partial charge in [-0.15, -0.1) is 0 Å². The van der Waals surface area contributed by atoms with Gasteiger partial charge in [0.25, 0.3) is 11.8 Å². The smallest absolute Gasteiger partial charge is 0.332 e. The van der Waals surface area contributed by atoms with Crippen LogP contribution in [-0.2, 0) is 9.53 Å². The number of esters is 1. The number of methoxy groups -OCH3 is 1. The van der Waals surface area contributed by atoms with Crippen LogP contribution >= 0.6 is 0 Å². The minimum atomic E-state index is -1.23. The van der Waals surface area contributed by atoms with Crippen molar-refractivity contribution in [2.45, 2.75) is 24.8 Å². The summed E-state index contributed by atoms with van der Waals surface area (Å²) in [6.45, 7) is 0. The van der Waals surface area contributed by atoms with Gasteiger partial charge in [-0.3, -0.25) is 14.5 Å². The number of carbonyl (C=O) groups excluding carboxylic acids is 3. The number of fused-ring (bicyclic) bond motifs is 1. The van der Waals surface area contributed by atoms with Gasteiger partial charge in [0.05, 0.1) is 18.2 Å². The van der Waals surface area contributed by atoms with Crippen LogP contribution in [0.3, 0.4) is 0 Å². The van der Waals surface area contributed by atoms with Crippen LogP contribution in [0.1, 0.15) is 40.0 Å². The maximum atomic E-state index is 12.6. The average molecular weight is 285 g/mol. The molecule has 0 aromatic heterocycles. The first-order chi connectivity index (χ1) is 10.1. The molecule has 2 aliphatic rings. The second-order valence-electron chi connectivity index (χ2n) is 5.23. The van der Waals surface area contributed by atoms with Crippen molar-refractivity contribution in [3.8, 4) is 0 Å². The number of hydrogen-bond donors (Lipinski definition) is 0. The lowest BCUT2D eigenvalue weighted by molar-refractivity contribution is -0.152. The molecule has 1 heterocycles.